The molecule has 4 fully saturated rings. The van der Waals surface area contributed by atoms with Crippen LogP contribution in [-0.4, -0.2) is 74.7 Å². The minimum atomic E-state index is -0.914. The van der Waals surface area contributed by atoms with E-state index in [1.54, 1.807) is 32.6 Å². The number of hydrogen-bond donors (Lipinski definition) is 1. The van der Waals surface area contributed by atoms with E-state index in [2.05, 4.69) is 0 Å². The van der Waals surface area contributed by atoms with Crippen LogP contribution in [0.1, 0.15) is 81.6 Å². The lowest BCUT2D eigenvalue weighted by Crippen LogP contribution is -2.50. The second kappa shape index (κ2) is 9.74. The van der Waals surface area contributed by atoms with Crippen LogP contribution >= 0.6 is 0 Å². The molecule has 0 aromatic rings. The molecule has 2 saturated carbocycles. The van der Waals surface area contributed by atoms with Crippen LogP contribution in [-0.2, 0) is 19.1 Å². The summed E-state index contributed by atoms with van der Waals surface area (Å²) in [5.74, 6) is 0.190. The van der Waals surface area contributed by atoms with Gasteiger partial charge in [-0.2, -0.15) is 0 Å². The Balaban J connectivity index is 0.000000234. The number of ketones is 1. The first-order valence-electron chi connectivity index (χ1n) is 11.8. The summed E-state index contributed by atoms with van der Waals surface area (Å²) in [6, 6.07) is -0.876. The van der Waals surface area contributed by atoms with Crippen LogP contribution in [0.5, 0.6) is 0 Å². The third-order valence-corrected chi connectivity index (χ3v) is 6.64. The van der Waals surface area contributed by atoms with Crippen LogP contribution in [0.3, 0.4) is 0 Å². The smallest absolute Gasteiger partial charge is 0.411 e. The molecule has 4 aliphatic rings. The highest BCUT2D eigenvalue weighted by atomic mass is 16.6. The molecule has 1 N–H and O–H groups in total. The molecule has 9 heteroatoms. The average molecular weight is 483 g/mol. The van der Waals surface area contributed by atoms with Crippen molar-refractivity contribution in [1.82, 2.24) is 9.80 Å². The van der Waals surface area contributed by atoms with E-state index in [9.17, 15) is 24.3 Å². The first kappa shape index (κ1) is 27.9. The van der Waals surface area contributed by atoms with Gasteiger partial charge in [0.15, 0.2) is 5.78 Å². The number of nitrogens with zero attached hydrogens (tertiary/aromatic N) is 2. The predicted molar refractivity (Wildman–Crippen MR) is 126 cm³/mol. The Kier molecular flexibility index (Phi) is 8.00. The molecule has 2 saturated heterocycles. The Morgan fingerprint density at radius 1 is 0.824 bits per heavy atom. The van der Waals surface area contributed by atoms with E-state index in [4.69, 9.17) is 9.47 Å². The van der Waals surface area contributed by atoms with Crippen molar-refractivity contribution in [2.24, 2.45) is 17.8 Å². The lowest BCUT2D eigenvalue weighted by Gasteiger charge is -2.34. The highest BCUT2D eigenvalue weighted by Gasteiger charge is 2.56. The molecule has 2 aliphatic heterocycles. The van der Waals surface area contributed by atoms with Crippen LogP contribution in [0.15, 0.2) is 0 Å². The number of carbonyl (C=O) groups excluding carboxylic acids is 3. The summed E-state index contributed by atoms with van der Waals surface area (Å²) in [7, 11) is 0. The Morgan fingerprint density at radius 2 is 1.38 bits per heavy atom. The number of aliphatic carboxylic acids is 1. The highest BCUT2D eigenvalue weighted by molar-refractivity contribution is 5.87. The Morgan fingerprint density at radius 3 is 1.88 bits per heavy atom. The van der Waals surface area contributed by atoms with E-state index in [1.165, 1.54) is 4.90 Å². The molecule has 0 spiro atoms. The van der Waals surface area contributed by atoms with Gasteiger partial charge in [0.25, 0.3) is 0 Å². The molecule has 0 aromatic heterocycles. The minimum Gasteiger partial charge on any atom is -0.480 e. The predicted octanol–water partition coefficient (Wildman–Crippen LogP) is 4.33. The summed E-state index contributed by atoms with van der Waals surface area (Å²) in [4.78, 5) is 49.7. The van der Waals surface area contributed by atoms with Crippen molar-refractivity contribution in [3.8, 4) is 0 Å². The second-order valence-corrected chi connectivity index (χ2v) is 11.7. The molecule has 6 atom stereocenters. The fourth-order valence-corrected chi connectivity index (χ4v) is 5.38. The van der Waals surface area contributed by atoms with Gasteiger partial charge in [-0.25, -0.2) is 14.4 Å². The van der Waals surface area contributed by atoms with Crippen LogP contribution in [0.4, 0.5) is 9.59 Å². The number of carboxylic acid groups (broad SMARTS) is 1. The van der Waals surface area contributed by atoms with E-state index in [-0.39, 0.29) is 37.3 Å². The third kappa shape index (κ3) is 6.21. The molecule has 6 unspecified atom stereocenters. The fourth-order valence-electron chi connectivity index (χ4n) is 5.38. The van der Waals surface area contributed by atoms with Gasteiger partial charge in [-0.05, 0) is 91.9 Å². The van der Waals surface area contributed by atoms with Crippen molar-refractivity contribution in [2.45, 2.75) is 111 Å². The van der Waals surface area contributed by atoms with Gasteiger partial charge in [-0.15, -0.1) is 0 Å². The first-order valence-corrected chi connectivity index (χ1v) is 11.8. The molecular formula is C25H42N2O7. The number of ether oxygens (including phenoxy) is 2. The average Bonchev–Trinajstić information content (AvgIpc) is 3.02. The number of likely N-dealkylation sites (tertiary alicyclic amines) is 2. The highest BCUT2D eigenvalue weighted by Crippen LogP contribution is 2.50. The molecule has 4 rings (SSSR count). The zero-order valence-electron chi connectivity index (χ0n) is 20.8. The zero-order valence-corrected chi connectivity index (χ0v) is 20.8. The summed E-state index contributed by atoms with van der Waals surface area (Å²) in [6.45, 7) is 13.1. The summed E-state index contributed by atoms with van der Waals surface area (Å²) < 4.78 is 10.6. The molecule has 2 amide bonds. The molecule has 9 nitrogen and oxygen atoms in total. The lowest BCUT2D eigenvalue weighted by molar-refractivity contribution is -0.144. The van der Waals surface area contributed by atoms with Gasteiger partial charge in [0.2, 0.25) is 0 Å². The molecule has 2 aliphatic carbocycles. The van der Waals surface area contributed by atoms with Crippen molar-refractivity contribution in [2.75, 3.05) is 6.54 Å². The van der Waals surface area contributed by atoms with E-state index in [0.717, 1.165) is 25.7 Å². The van der Waals surface area contributed by atoms with Gasteiger partial charge >= 0.3 is 18.2 Å². The number of hydrogen-bond acceptors (Lipinski definition) is 6. The van der Waals surface area contributed by atoms with E-state index in [1.807, 2.05) is 20.8 Å². The van der Waals surface area contributed by atoms with Crippen molar-refractivity contribution in [1.29, 1.82) is 0 Å². The number of piperidine rings is 2. The van der Waals surface area contributed by atoms with E-state index < -0.39 is 29.3 Å². The van der Waals surface area contributed by atoms with Gasteiger partial charge in [0.1, 0.15) is 17.2 Å². The number of Topliss-reactive ketones (excluding diaryl/α,β-unsaturated/α-hetero) is 1. The number of fused-ring (bicyclic) bond motifs is 3. The molecule has 34 heavy (non-hydrogen) atoms. The van der Waals surface area contributed by atoms with Crippen LogP contribution in [0, 0.1) is 17.8 Å². The molecule has 194 valence electrons. The maximum atomic E-state index is 12.0. The standard InChI is InChI=1S/C12H19NO4.C12H19NO3.CH4/c1-12(2,3)17-11(16)13-8-5-4-7(6-8)9(13)10(14)15;1-7(14)10-9-5-8(9)6-13(10)11(15)16-12(2,3)4;/h7-9H,4-6H2,1-3H3,(H,14,15);8-10H,5-6H2,1-4H3;1H4. The van der Waals surface area contributed by atoms with Crippen LogP contribution in [0.2, 0.25) is 0 Å². The quantitative estimate of drug-likeness (QED) is 0.623. The van der Waals surface area contributed by atoms with Crippen molar-refractivity contribution in [3.05, 3.63) is 0 Å². The topological polar surface area (TPSA) is 113 Å². The second-order valence-electron chi connectivity index (χ2n) is 11.7. The van der Waals surface area contributed by atoms with Crippen molar-refractivity contribution < 1.29 is 33.8 Å². The van der Waals surface area contributed by atoms with Gasteiger partial charge in [-0.3, -0.25) is 14.6 Å². The Bertz CT molecular complexity index is 813. The summed E-state index contributed by atoms with van der Waals surface area (Å²) >= 11 is 0. The zero-order chi connectivity index (χ0) is 24.9. The molecular weight excluding hydrogens is 440 g/mol. The minimum absolute atomic E-state index is 0. The number of rotatable bonds is 2. The number of carbonyl (C=O) groups is 4. The largest absolute Gasteiger partial charge is 0.480 e. The Hall–Kier alpha value is -2.32. The van der Waals surface area contributed by atoms with Gasteiger partial charge in [0, 0.05) is 12.6 Å². The molecule has 0 aromatic carbocycles. The summed E-state index contributed by atoms with van der Waals surface area (Å²) in [5.41, 5.74) is -1.08. The monoisotopic (exact) mass is 482 g/mol. The van der Waals surface area contributed by atoms with Gasteiger partial charge in [0.05, 0.1) is 6.04 Å². The number of carboxylic acids is 1. The fraction of sp³-hybridized carbons (Fsp3) is 0.840. The SMILES string of the molecule is C.CC(=O)C1C2CC2CN1C(=O)OC(C)(C)C.CC(C)(C)OC(=O)N1C2CCC(C2)C1C(=O)O. The maximum Gasteiger partial charge on any atom is 0.411 e. The summed E-state index contributed by atoms with van der Waals surface area (Å²) in [6.07, 6.45) is 2.85. The van der Waals surface area contributed by atoms with Gasteiger partial charge < -0.3 is 14.6 Å². The molecule has 2 heterocycles. The van der Waals surface area contributed by atoms with Crippen LogP contribution in [0.25, 0.3) is 0 Å². The normalized spacial score (nSPS) is 31.0. The number of amides is 2. The summed E-state index contributed by atoms with van der Waals surface area (Å²) in [5, 5.41) is 9.20. The first-order chi connectivity index (χ1) is 15.1. The van der Waals surface area contributed by atoms with Gasteiger partial charge in [-0.1, -0.05) is 7.43 Å². The molecule has 0 radical (unpaired) electrons. The van der Waals surface area contributed by atoms with E-state index in [0.29, 0.717) is 18.4 Å². The Labute approximate surface area is 203 Å². The maximum absolute atomic E-state index is 12.0. The van der Waals surface area contributed by atoms with Crippen molar-refractivity contribution >= 4 is 23.9 Å². The molecule has 2 bridgehead atoms. The lowest BCUT2D eigenvalue weighted by atomic mass is 9.99. The third-order valence-electron chi connectivity index (χ3n) is 6.64. The van der Waals surface area contributed by atoms with Crippen LogP contribution < -0.4 is 0 Å². The van der Waals surface area contributed by atoms with E-state index >= 15 is 0 Å². The van der Waals surface area contributed by atoms with Crippen molar-refractivity contribution in [3.63, 3.8) is 0 Å².